The van der Waals surface area contributed by atoms with Gasteiger partial charge in [-0.25, -0.2) is 14.4 Å². The highest BCUT2D eigenvalue weighted by atomic mass is 16.6. The Morgan fingerprint density at radius 2 is 1.73 bits per heavy atom. The fraction of sp³-hybridized carbons (Fsp3) is 0.471. The lowest BCUT2D eigenvalue weighted by Crippen LogP contribution is -2.46. The zero-order chi connectivity index (χ0) is 19.4. The van der Waals surface area contributed by atoms with Gasteiger partial charge in [0.05, 0.1) is 6.54 Å². The lowest BCUT2D eigenvalue weighted by Gasteiger charge is -2.20. The highest BCUT2D eigenvalue weighted by Crippen LogP contribution is 2.06. The Labute approximate surface area is 151 Å². The molecule has 9 nitrogen and oxygen atoms in total. The van der Waals surface area contributed by atoms with Crippen molar-refractivity contribution in [3.05, 3.63) is 35.9 Å². The second-order valence-electron chi connectivity index (χ2n) is 5.58. The SMILES string of the molecule is CC(C)[C@H](NC(=O)OCc1ccccc1)C(=O)OCCNC(=O)OCO. The van der Waals surface area contributed by atoms with E-state index in [9.17, 15) is 14.4 Å². The van der Waals surface area contributed by atoms with E-state index in [2.05, 4.69) is 15.4 Å². The third-order valence-electron chi connectivity index (χ3n) is 3.22. The van der Waals surface area contributed by atoms with E-state index in [-0.39, 0.29) is 25.7 Å². The highest BCUT2D eigenvalue weighted by molar-refractivity contribution is 5.81. The number of aliphatic hydroxyl groups excluding tert-OH is 1. The van der Waals surface area contributed by atoms with Gasteiger partial charge < -0.3 is 30.0 Å². The van der Waals surface area contributed by atoms with Crippen LogP contribution in [0.4, 0.5) is 9.59 Å². The van der Waals surface area contributed by atoms with E-state index in [0.29, 0.717) is 0 Å². The van der Waals surface area contributed by atoms with E-state index >= 15 is 0 Å². The van der Waals surface area contributed by atoms with E-state index in [1.807, 2.05) is 30.3 Å². The standard InChI is InChI=1S/C17H24N2O7/c1-12(2)14(15(21)24-9-8-18-16(22)26-11-20)19-17(23)25-10-13-6-4-3-5-7-13/h3-7,12,14,20H,8-11H2,1-2H3,(H,18,22)(H,19,23)/t14-/m0/s1. The number of carbonyl (C=O) groups excluding carboxylic acids is 3. The van der Waals surface area contributed by atoms with Crippen LogP contribution in [0.1, 0.15) is 19.4 Å². The average Bonchev–Trinajstić information content (AvgIpc) is 2.62. The van der Waals surface area contributed by atoms with Gasteiger partial charge in [0.1, 0.15) is 19.3 Å². The van der Waals surface area contributed by atoms with Crippen LogP contribution in [0.2, 0.25) is 0 Å². The summed E-state index contributed by atoms with van der Waals surface area (Å²) in [6.07, 6.45) is -1.55. The van der Waals surface area contributed by atoms with Crippen LogP contribution in [0, 0.1) is 5.92 Å². The molecule has 1 atom stereocenters. The average molecular weight is 368 g/mol. The molecule has 0 heterocycles. The quantitative estimate of drug-likeness (QED) is 0.259. The Kier molecular flexibility index (Phi) is 9.55. The van der Waals surface area contributed by atoms with Crippen molar-refractivity contribution in [1.82, 2.24) is 10.6 Å². The lowest BCUT2D eigenvalue weighted by molar-refractivity contribution is -0.147. The fourth-order valence-electron chi connectivity index (χ4n) is 1.89. The number of hydrogen-bond acceptors (Lipinski definition) is 7. The summed E-state index contributed by atoms with van der Waals surface area (Å²) in [5.41, 5.74) is 0.826. The summed E-state index contributed by atoms with van der Waals surface area (Å²) >= 11 is 0. The molecule has 9 heteroatoms. The first-order valence-corrected chi connectivity index (χ1v) is 8.09. The lowest BCUT2D eigenvalue weighted by atomic mass is 10.1. The Morgan fingerprint density at radius 1 is 1.04 bits per heavy atom. The molecule has 2 amide bonds. The predicted octanol–water partition coefficient (Wildman–Crippen LogP) is 1.16. The molecule has 3 N–H and O–H groups in total. The Hall–Kier alpha value is -2.81. The topological polar surface area (TPSA) is 123 Å². The third kappa shape index (κ3) is 8.34. The summed E-state index contributed by atoms with van der Waals surface area (Å²) in [4.78, 5) is 34.9. The molecule has 0 saturated carbocycles. The number of nitrogens with one attached hydrogen (secondary N) is 2. The van der Waals surface area contributed by atoms with E-state index in [0.717, 1.165) is 5.56 Å². The smallest absolute Gasteiger partial charge is 0.409 e. The van der Waals surface area contributed by atoms with Crippen molar-refractivity contribution in [3.63, 3.8) is 0 Å². The van der Waals surface area contributed by atoms with Crippen LogP contribution in [0.5, 0.6) is 0 Å². The summed E-state index contributed by atoms with van der Waals surface area (Å²) in [7, 11) is 0. The predicted molar refractivity (Wildman–Crippen MR) is 90.9 cm³/mol. The molecule has 0 bridgehead atoms. The van der Waals surface area contributed by atoms with E-state index in [4.69, 9.17) is 14.6 Å². The molecule has 26 heavy (non-hydrogen) atoms. The van der Waals surface area contributed by atoms with Crippen LogP contribution >= 0.6 is 0 Å². The molecule has 0 aliphatic rings. The van der Waals surface area contributed by atoms with Gasteiger partial charge in [-0.15, -0.1) is 0 Å². The molecule has 0 unspecified atom stereocenters. The first kappa shape index (κ1) is 21.2. The Morgan fingerprint density at radius 3 is 2.35 bits per heavy atom. The van der Waals surface area contributed by atoms with Gasteiger partial charge in [-0.2, -0.15) is 0 Å². The summed E-state index contributed by atoms with van der Waals surface area (Å²) in [6, 6.07) is 8.26. The maximum absolute atomic E-state index is 12.1. The Bertz CT molecular complexity index is 578. The molecule has 0 aliphatic carbocycles. The normalized spacial score (nSPS) is 11.4. The van der Waals surface area contributed by atoms with Crippen LogP contribution in [-0.2, 0) is 25.6 Å². The number of ether oxygens (including phenoxy) is 3. The zero-order valence-electron chi connectivity index (χ0n) is 14.8. The second-order valence-corrected chi connectivity index (χ2v) is 5.58. The molecular weight excluding hydrogens is 344 g/mol. The van der Waals surface area contributed by atoms with Gasteiger partial charge in [0.15, 0.2) is 6.79 Å². The van der Waals surface area contributed by atoms with E-state index in [1.54, 1.807) is 13.8 Å². The molecule has 0 aliphatic heterocycles. The summed E-state index contributed by atoms with van der Waals surface area (Å²) in [5, 5.41) is 13.1. The summed E-state index contributed by atoms with van der Waals surface area (Å²) in [6.45, 7) is 2.75. The number of hydrogen-bond donors (Lipinski definition) is 3. The van der Waals surface area contributed by atoms with Gasteiger partial charge in [-0.1, -0.05) is 44.2 Å². The number of amides is 2. The minimum atomic E-state index is -0.886. The number of aliphatic hydroxyl groups is 1. The molecule has 0 saturated heterocycles. The van der Waals surface area contributed by atoms with Gasteiger partial charge in [-0.3, -0.25) is 0 Å². The summed E-state index contributed by atoms with van der Waals surface area (Å²) < 4.78 is 14.3. The monoisotopic (exact) mass is 368 g/mol. The first-order chi connectivity index (χ1) is 12.4. The van der Waals surface area contributed by atoms with Crippen LogP contribution in [0.3, 0.4) is 0 Å². The van der Waals surface area contributed by atoms with E-state index in [1.165, 1.54) is 0 Å². The van der Waals surface area contributed by atoms with Crippen LogP contribution < -0.4 is 10.6 Å². The van der Waals surface area contributed by atoms with Gasteiger partial charge in [-0.05, 0) is 11.5 Å². The number of rotatable bonds is 9. The number of alkyl carbamates (subject to hydrolysis) is 2. The van der Waals surface area contributed by atoms with Crippen LogP contribution in [0.25, 0.3) is 0 Å². The van der Waals surface area contributed by atoms with Crippen molar-refractivity contribution < 1.29 is 33.7 Å². The molecule has 1 aromatic rings. The second kappa shape index (κ2) is 11.7. The molecule has 0 spiro atoms. The third-order valence-corrected chi connectivity index (χ3v) is 3.22. The molecule has 1 rings (SSSR count). The van der Waals surface area contributed by atoms with Gasteiger partial charge in [0.25, 0.3) is 0 Å². The summed E-state index contributed by atoms with van der Waals surface area (Å²) in [5.74, 6) is -0.868. The van der Waals surface area contributed by atoms with Crippen molar-refractivity contribution in [2.75, 3.05) is 19.9 Å². The van der Waals surface area contributed by atoms with Gasteiger partial charge in [0.2, 0.25) is 0 Å². The maximum Gasteiger partial charge on any atom is 0.409 e. The van der Waals surface area contributed by atoms with Gasteiger partial charge in [0, 0.05) is 0 Å². The zero-order valence-corrected chi connectivity index (χ0v) is 14.8. The van der Waals surface area contributed by atoms with E-state index < -0.39 is 31.0 Å². The van der Waals surface area contributed by atoms with Crippen molar-refractivity contribution in [1.29, 1.82) is 0 Å². The molecule has 1 aromatic carbocycles. The van der Waals surface area contributed by atoms with Crippen LogP contribution in [-0.4, -0.2) is 49.2 Å². The van der Waals surface area contributed by atoms with Gasteiger partial charge >= 0.3 is 18.2 Å². The molecule has 0 radical (unpaired) electrons. The molecule has 0 aromatic heterocycles. The number of benzene rings is 1. The first-order valence-electron chi connectivity index (χ1n) is 8.09. The maximum atomic E-state index is 12.1. The number of esters is 1. The Balaban J connectivity index is 2.37. The fourth-order valence-corrected chi connectivity index (χ4v) is 1.89. The van der Waals surface area contributed by atoms with Crippen LogP contribution in [0.15, 0.2) is 30.3 Å². The largest absolute Gasteiger partial charge is 0.462 e. The highest BCUT2D eigenvalue weighted by Gasteiger charge is 2.26. The number of carbonyl (C=O) groups is 3. The van der Waals surface area contributed by atoms with Crippen molar-refractivity contribution in [2.24, 2.45) is 5.92 Å². The minimum Gasteiger partial charge on any atom is -0.462 e. The van der Waals surface area contributed by atoms with Crippen molar-refractivity contribution >= 4 is 18.2 Å². The minimum absolute atomic E-state index is 0.00778. The molecular formula is C17H24N2O7. The molecule has 144 valence electrons. The van der Waals surface area contributed by atoms with Crippen molar-refractivity contribution in [3.8, 4) is 0 Å². The molecule has 0 fully saturated rings. The van der Waals surface area contributed by atoms with Crippen molar-refractivity contribution in [2.45, 2.75) is 26.5 Å².